The summed E-state index contributed by atoms with van der Waals surface area (Å²) in [6.07, 6.45) is 1.57. The van der Waals surface area contributed by atoms with Crippen molar-refractivity contribution in [3.8, 4) is 0 Å². The minimum atomic E-state index is -0.443. The summed E-state index contributed by atoms with van der Waals surface area (Å²) in [6.45, 7) is 3.91. The van der Waals surface area contributed by atoms with Crippen LogP contribution in [0.4, 0.5) is 0 Å². The zero-order valence-electron chi connectivity index (χ0n) is 14.4. The van der Waals surface area contributed by atoms with Gasteiger partial charge in [0.15, 0.2) is 0 Å². The molecule has 25 heavy (non-hydrogen) atoms. The third-order valence-electron chi connectivity index (χ3n) is 4.04. The lowest BCUT2D eigenvalue weighted by atomic mass is 10.2. The van der Waals surface area contributed by atoms with Crippen molar-refractivity contribution >= 4 is 34.5 Å². The van der Waals surface area contributed by atoms with E-state index in [9.17, 15) is 9.59 Å². The molecule has 5 heteroatoms. The van der Waals surface area contributed by atoms with Crippen molar-refractivity contribution in [3.05, 3.63) is 65.9 Å². The summed E-state index contributed by atoms with van der Waals surface area (Å²) in [6, 6.07) is 15.4. The maximum absolute atomic E-state index is 12.9. The Labute approximate surface area is 150 Å². The number of carbonyl (C=O) groups is 2. The lowest BCUT2D eigenvalue weighted by molar-refractivity contribution is 0.0603. The van der Waals surface area contributed by atoms with Gasteiger partial charge in [0.05, 0.1) is 23.4 Å². The highest BCUT2D eigenvalue weighted by molar-refractivity contribution is 8.00. The second-order valence-corrected chi connectivity index (χ2v) is 7.25. The van der Waals surface area contributed by atoms with Gasteiger partial charge in [-0.25, -0.2) is 4.79 Å². The highest BCUT2D eigenvalue weighted by Crippen LogP contribution is 2.28. The molecule has 0 aliphatic rings. The Morgan fingerprint density at radius 3 is 2.44 bits per heavy atom. The third-order valence-corrected chi connectivity index (χ3v) is 5.14. The Morgan fingerprint density at radius 2 is 1.76 bits per heavy atom. The van der Waals surface area contributed by atoms with Crippen molar-refractivity contribution < 1.29 is 14.3 Å². The number of benzene rings is 2. The van der Waals surface area contributed by atoms with Crippen LogP contribution in [0, 0.1) is 6.92 Å². The van der Waals surface area contributed by atoms with E-state index in [-0.39, 0.29) is 11.2 Å². The van der Waals surface area contributed by atoms with Crippen molar-refractivity contribution in [2.45, 2.75) is 24.0 Å². The minimum absolute atomic E-state index is 0.0723. The van der Waals surface area contributed by atoms with Gasteiger partial charge in [-0.1, -0.05) is 35.9 Å². The summed E-state index contributed by atoms with van der Waals surface area (Å²) in [7, 11) is 1.34. The summed E-state index contributed by atoms with van der Waals surface area (Å²) in [5, 5.41) is 0.430. The van der Waals surface area contributed by atoms with Gasteiger partial charge in [0.25, 0.3) is 0 Å². The number of esters is 1. The molecule has 128 valence electrons. The van der Waals surface area contributed by atoms with Gasteiger partial charge in [0, 0.05) is 16.5 Å². The molecule has 0 unspecified atom stereocenters. The first kappa shape index (κ1) is 17.3. The van der Waals surface area contributed by atoms with Gasteiger partial charge in [0.2, 0.25) is 5.91 Å². The molecular formula is C20H19NO3S. The highest BCUT2D eigenvalue weighted by Gasteiger charge is 2.22. The summed E-state index contributed by atoms with van der Waals surface area (Å²) in [5.74, 6) is -0.515. The monoisotopic (exact) mass is 353 g/mol. The number of fused-ring (bicyclic) bond motifs is 1. The van der Waals surface area contributed by atoms with Crippen LogP contribution in [0.5, 0.6) is 0 Å². The number of hydrogen-bond donors (Lipinski definition) is 0. The predicted molar refractivity (Wildman–Crippen MR) is 100 cm³/mol. The number of hydrogen-bond acceptors (Lipinski definition) is 4. The van der Waals surface area contributed by atoms with E-state index in [1.54, 1.807) is 10.8 Å². The fourth-order valence-electron chi connectivity index (χ4n) is 2.70. The third kappa shape index (κ3) is 3.46. The fraction of sp³-hybridized carbons (Fsp3) is 0.200. The first-order valence-corrected chi connectivity index (χ1v) is 8.85. The summed E-state index contributed by atoms with van der Waals surface area (Å²) in [4.78, 5) is 26.0. The van der Waals surface area contributed by atoms with Gasteiger partial charge in [-0.3, -0.25) is 9.36 Å². The molecule has 2 aromatic carbocycles. The van der Waals surface area contributed by atoms with E-state index in [4.69, 9.17) is 4.74 Å². The molecule has 1 atom stereocenters. The average molecular weight is 353 g/mol. The zero-order chi connectivity index (χ0) is 18.0. The topological polar surface area (TPSA) is 48.3 Å². The molecule has 0 saturated heterocycles. The normalized spacial score (nSPS) is 12.1. The molecule has 0 radical (unpaired) electrons. The maximum Gasteiger partial charge on any atom is 0.340 e. The summed E-state index contributed by atoms with van der Waals surface area (Å²) in [5.41, 5.74) is 2.30. The number of aromatic nitrogens is 1. The smallest absolute Gasteiger partial charge is 0.340 e. The van der Waals surface area contributed by atoms with Gasteiger partial charge in [-0.05, 0) is 32.0 Å². The van der Waals surface area contributed by atoms with E-state index in [0.717, 1.165) is 10.3 Å². The average Bonchev–Trinajstić information content (AvgIpc) is 3.02. The number of aryl methyl sites for hydroxylation is 1. The van der Waals surface area contributed by atoms with Crippen molar-refractivity contribution in [1.29, 1.82) is 0 Å². The fourth-order valence-corrected chi connectivity index (χ4v) is 3.62. The van der Waals surface area contributed by atoms with Crippen molar-refractivity contribution in [1.82, 2.24) is 4.57 Å². The number of nitrogens with zero attached hydrogens (tertiary/aromatic N) is 1. The molecule has 1 aromatic heterocycles. The van der Waals surface area contributed by atoms with Gasteiger partial charge in [0.1, 0.15) is 0 Å². The van der Waals surface area contributed by atoms with E-state index >= 15 is 0 Å². The van der Waals surface area contributed by atoms with E-state index in [2.05, 4.69) is 0 Å². The van der Waals surface area contributed by atoms with Crippen LogP contribution in [0.15, 0.2) is 59.6 Å². The zero-order valence-corrected chi connectivity index (χ0v) is 15.2. The van der Waals surface area contributed by atoms with Crippen molar-refractivity contribution in [3.63, 3.8) is 0 Å². The molecule has 0 aliphatic heterocycles. The Balaban J connectivity index is 1.93. The van der Waals surface area contributed by atoms with Crippen LogP contribution in [0.1, 0.15) is 27.6 Å². The van der Waals surface area contributed by atoms with E-state index in [1.807, 2.05) is 62.4 Å². The van der Waals surface area contributed by atoms with Crippen LogP contribution >= 0.6 is 11.8 Å². The SMILES string of the molecule is COC(=O)c1cn(C(=O)[C@H](C)Sc2ccc(C)cc2)c2ccccc12. The standard InChI is InChI=1S/C20H19NO3S/c1-13-8-10-15(11-9-13)25-14(2)19(22)21-12-17(20(23)24-3)16-6-4-5-7-18(16)21/h4-12,14H,1-3H3/t14-/m0/s1. The molecule has 3 rings (SSSR count). The lowest BCUT2D eigenvalue weighted by Crippen LogP contribution is -2.20. The summed E-state index contributed by atoms with van der Waals surface area (Å²) < 4.78 is 6.39. The minimum Gasteiger partial charge on any atom is -0.465 e. The van der Waals surface area contributed by atoms with Gasteiger partial charge < -0.3 is 4.74 Å². The Kier molecular flexibility index (Phi) is 4.95. The molecule has 0 fully saturated rings. The van der Waals surface area contributed by atoms with E-state index in [1.165, 1.54) is 24.4 Å². The quantitative estimate of drug-likeness (QED) is 0.510. The second-order valence-electron chi connectivity index (χ2n) is 5.83. The molecule has 0 saturated carbocycles. The molecule has 0 N–H and O–H groups in total. The first-order chi connectivity index (χ1) is 12.0. The van der Waals surface area contributed by atoms with Crippen LogP contribution in [-0.4, -0.2) is 28.8 Å². The Morgan fingerprint density at radius 1 is 1.08 bits per heavy atom. The molecule has 1 heterocycles. The van der Waals surface area contributed by atoms with Crippen molar-refractivity contribution in [2.75, 3.05) is 7.11 Å². The van der Waals surface area contributed by atoms with Gasteiger partial charge in [-0.15, -0.1) is 11.8 Å². The van der Waals surface area contributed by atoms with Gasteiger partial charge >= 0.3 is 5.97 Å². The van der Waals surface area contributed by atoms with E-state index in [0.29, 0.717) is 11.1 Å². The molecule has 0 amide bonds. The molecule has 0 bridgehead atoms. The number of carbonyl (C=O) groups excluding carboxylic acids is 2. The molecule has 0 spiro atoms. The number of rotatable bonds is 4. The van der Waals surface area contributed by atoms with Gasteiger partial charge in [-0.2, -0.15) is 0 Å². The molecule has 3 aromatic rings. The molecule has 0 aliphatic carbocycles. The first-order valence-electron chi connectivity index (χ1n) is 7.97. The lowest BCUT2D eigenvalue weighted by Gasteiger charge is -2.12. The van der Waals surface area contributed by atoms with Crippen molar-refractivity contribution in [2.24, 2.45) is 0 Å². The number of methoxy groups -OCH3 is 1. The predicted octanol–water partition coefficient (Wildman–Crippen LogP) is 4.56. The second kappa shape index (κ2) is 7.15. The van der Waals surface area contributed by atoms with Crippen LogP contribution in [0.25, 0.3) is 10.9 Å². The molecular weight excluding hydrogens is 334 g/mol. The number of para-hydroxylation sites is 1. The Hall–Kier alpha value is -2.53. The van der Waals surface area contributed by atoms with Crippen LogP contribution in [0.2, 0.25) is 0 Å². The largest absolute Gasteiger partial charge is 0.465 e. The number of thioether (sulfide) groups is 1. The van der Waals surface area contributed by atoms with E-state index < -0.39 is 5.97 Å². The van der Waals surface area contributed by atoms with Crippen LogP contribution in [0.3, 0.4) is 0 Å². The molecule has 4 nitrogen and oxygen atoms in total. The van der Waals surface area contributed by atoms with Crippen LogP contribution < -0.4 is 0 Å². The maximum atomic E-state index is 12.9. The summed E-state index contributed by atoms with van der Waals surface area (Å²) >= 11 is 1.50. The number of ether oxygens (including phenoxy) is 1. The van der Waals surface area contributed by atoms with Crippen LogP contribution in [-0.2, 0) is 4.74 Å². The highest BCUT2D eigenvalue weighted by atomic mass is 32.2. The Bertz CT molecular complexity index is 928.